The molecule has 0 N–H and O–H groups in total. The van der Waals surface area contributed by atoms with E-state index in [4.69, 9.17) is 0 Å². The van der Waals surface area contributed by atoms with Crippen LogP contribution >= 0.6 is 0 Å². The molecule has 0 aliphatic carbocycles. The van der Waals surface area contributed by atoms with Gasteiger partial charge in [-0.25, -0.2) is 4.57 Å². The number of aryl methyl sites for hydroxylation is 4. The number of nitrogens with zero attached hydrogens (tertiary/aromatic N) is 2. The maximum atomic E-state index is 11.8. The van der Waals surface area contributed by atoms with E-state index < -0.39 is 0 Å². The summed E-state index contributed by atoms with van der Waals surface area (Å²) in [6.07, 6.45) is 4.28. The lowest BCUT2D eigenvalue weighted by Gasteiger charge is -2.09. The van der Waals surface area contributed by atoms with Gasteiger partial charge in [0, 0.05) is 40.4 Å². The molecule has 0 fully saturated rings. The molecule has 3 nitrogen and oxygen atoms in total. The van der Waals surface area contributed by atoms with Gasteiger partial charge >= 0.3 is 0 Å². The highest BCUT2D eigenvalue weighted by Gasteiger charge is 2.18. The minimum atomic E-state index is 0. The minimum Gasteiger partial charge on any atom is -1.00 e. The van der Waals surface area contributed by atoms with Gasteiger partial charge in [-0.2, -0.15) is 0 Å². The van der Waals surface area contributed by atoms with Gasteiger partial charge < -0.3 is 28.5 Å². The number of hydrogen-bond acceptors (Lipinski definition) is 1. The summed E-state index contributed by atoms with van der Waals surface area (Å²) >= 11 is 0. The second kappa shape index (κ2) is 6.09. The highest BCUT2D eigenvalue weighted by Crippen LogP contribution is 2.38. The van der Waals surface area contributed by atoms with Gasteiger partial charge in [0.2, 0.25) is 0 Å². The van der Waals surface area contributed by atoms with Crippen LogP contribution in [0.4, 0.5) is 0 Å². The van der Waals surface area contributed by atoms with Gasteiger partial charge in [-0.15, -0.1) is 0 Å². The second-order valence-electron chi connectivity index (χ2n) is 6.76. The Morgan fingerprint density at radius 2 is 1.76 bits per heavy atom. The smallest absolute Gasteiger partial charge is 0.176 e. The zero-order chi connectivity index (χ0) is 17.2. The predicted octanol–water partition coefficient (Wildman–Crippen LogP) is 1.13. The molecule has 2 heterocycles. The van der Waals surface area contributed by atoms with E-state index in [0.717, 1.165) is 10.9 Å². The molecule has 0 spiro atoms. The van der Waals surface area contributed by atoms with Gasteiger partial charge in [0.1, 0.15) is 7.05 Å². The second-order valence-corrected chi connectivity index (χ2v) is 6.76. The van der Waals surface area contributed by atoms with Gasteiger partial charge in [0.15, 0.2) is 18.2 Å². The number of fused-ring (bicyclic) bond motifs is 4. The number of benzene rings is 2. The van der Waals surface area contributed by atoms with Crippen LogP contribution < -0.4 is 28.5 Å². The van der Waals surface area contributed by atoms with E-state index in [1.165, 1.54) is 38.3 Å². The summed E-state index contributed by atoms with van der Waals surface area (Å²) in [4.78, 5) is 11.8. The molecule has 2 aromatic heterocycles. The molecule has 25 heavy (non-hydrogen) atoms. The summed E-state index contributed by atoms with van der Waals surface area (Å²) in [6.45, 7) is 6.00. The molecular formula is C21H21IN2O. The number of Topliss-reactive ketones (excluding diaryl/α,β-unsaturated/α-hetero) is 1. The van der Waals surface area contributed by atoms with Crippen LogP contribution in [0.5, 0.6) is 0 Å². The van der Waals surface area contributed by atoms with Crippen molar-refractivity contribution in [3.63, 3.8) is 0 Å². The summed E-state index contributed by atoms with van der Waals surface area (Å²) < 4.78 is 4.34. The van der Waals surface area contributed by atoms with Crippen LogP contribution in [-0.4, -0.2) is 10.4 Å². The quantitative estimate of drug-likeness (QED) is 0.246. The third-order valence-electron chi connectivity index (χ3n) is 5.24. The number of hydrogen-bond donors (Lipinski definition) is 0. The van der Waals surface area contributed by atoms with Crippen molar-refractivity contribution < 1.29 is 33.3 Å². The Balaban J connectivity index is 0.00000182. The maximum Gasteiger partial charge on any atom is 0.176 e. The van der Waals surface area contributed by atoms with Crippen LogP contribution in [0, 0.1) is 13.8 Å². The van der Waals surface area contributed by atoms with Gasteiger partial charge in [0.25, 0.3) is 0 Å². The van der Waals surface area contributed by atoms with Gasteiger partial charge in [0.05, 0.1) is 5.52 Å². The normalized spacial score (nSPS) is 11.2. The van der Waals surface area contributed by atoms with E-state index in [0.29, 0.717) is 0 Å². The Bertz CT molecular complexity index is 1170. The number of pyridine rings is 1. The van der Waals surface area contributed by atoms with Crippen LogP contribution in [-0.2, 0) is 14.1 Å². The number of halogens is 1. The molecule has 0 saturated carbocycles. The molecule has 4 aromatic rings. The van der Waals surface area contributed by atoms with Gasteiger partial charge in [-0.3, -0.25) is 4.79 Å². The molecule has 4 heteroatoms. The van der Waals surface area contributed by atoms with Crippen molar-refractivity contribution >= 4 is 38.4 Å². The first-order valence-electron chi connectivity index (χ1n) is 8.21. The summed E-state index contributed by atoms with van der Waals surface area (Å²) in [5, 5.41) is 4.97. The number of aromatic nitrogens is 2. The zero-order valence-corrected chi connectivity index (χ0v) is 17.3. The predicted molar refractivity (Wildman–Crippen MR) is 98.6 cm³/mol. The fourth-order valence-corrected chi connectivity index (χ4v) is 3.97. The molecule has 128 valence electrons. The van der Waals surface area contributed by atoms with Crippen molar-refractivity contribution in [1.82, 2.24) is 4.57 Å². The fourth-order valence-electron chi connectivity index (χ4n) is 3.97. The lowest BCUT2D eigenvalue weighted by Crippen LogP contribution is -3.00. The Labute approximate surface area is 164 Å². The molecule has 0 bridgehead atoms. The third-order valence-corrected chi connectivity index (χ3v) is 5.24. The Kier molecular flexibility index (Phi) is 4.35. The zero-order valence-electron chi connectivity index (χ0n) is 15.1. The first-order chi connectivity index (χ1) is 11.4. The Morgan fingerprint density at radius 3 is 2.44 bits per heavy atom. The molecule has 0 aliphatic heterocycles. The average molecular weight is 444 g/mol. The lowest BCUT2D eigenvalue weighted by molar-refractivity contribution is -0.670. The van der Waals surface area contributed by atoms with Crippen LogP contribution in [0.2, 0.25) is 0 Å². The third kappa shape index (κ3) is 2.46. The fraction of sp³-hybridized carbons (Fsp3) is 0.238. The van der Waals surface area contributed by atoms with E-state index >= 15 is 0 Å². The molecule has 2 aromatic carbocycles. The van der Waals surface area contributed by atoms with Crippen molar-refractivity contribution in [3.05, 3.63) is 53.3 Å². The summed E-state index contributed by atoms with van der Waals surface area (Å²) in [5.74, 6) is 0.107. The molecule has 0 saturated heterocycles. The highest BCUT2D eigenvalue weighted by molar-refractivity contribution is 6.17. The van der Waals surface area contributed by atoms with Gasteiger partial charge in [-0.05, 0) is 55.5 Å². The van der Waals surface area contributed by atoms with Crippen molar-refractivity contribution in [3.8, 4) is 0 Å². The molecular weight excluding hydrogens is 423 g/mol. The van der Waals surface area contributed by atoms with E-state index in [1.807, 2.05) is 12.1 Å². The molecule has 0 radical (unpaired) electrons. The topological polar surface area (TPSA) is 25.9 Å². The Hall–Kier alpha value is -1.95. The molecule has 0 aliphatic rings. The number of carbonyl (C=O) groups is 1. The van der Waals surface area contributed by atoms with Crippen LogP contribution in [0.25, 0.3) is 32.6 Å². The first-order valence-corrected chi connectivity index (χ1v) is 8.21. The highest BCUT2D eigenvalue weighted by atomic mass is 127. The minimum absolute atomic E-state index is 0. The largest absolute Gasteiger partial charge is 1.00 e. The molecule has 4 rings (SSSR count). The first kappa shape index (κ1) is 17.9. The summed E-state index contributed by atoms with van der Waals surface area (Å²) in [6, 6.07) is 8.22. The van der Waals surface area contributed by atoms with Crippen LogP contribution in [0.3, 0.4) is 0 Å². The van der Waals surface area contributed by atoms with Crippen LogP contribution in [0.1, 0.15) is 28.4 Å². The van der Waals surface area contributed by atoms with E-state index in [9.17, 15) is 4.79 Å². The monoisotopic (exact) mass is 444 g/mol. The maximum absolute atomic E-state index is 11.8. The van der Waals surface area contributed by atoms with Gasteiger partial charge in [-0.1, -0.05) is 0 Å². The van der Waals surface area contributed by atoms with Crippen molar-refractivity contribution in [2.45, 2.75) is 20.8 Å². The summed E-state index contributed by atoms with van der Waals surface area (Å²) in [7, 11) is 4.16. The molecule has 0 atom stereocenters. The number of carbonyl (C=O) groups excluding carboxylic acids is 1. The molecule has 0 unspecified atom stereocenters. The average Bonchev–Trinajstić information content (AvgIpc) is 2.85. The SMILES string of the molecule is CC(=O)c1ccc2c(c1)c1c(C)c3c[n+](C)ccc3c(C)c1n2C.[I-]. The molecule has 0 amide bonds. The van der Waals surface area contributed by atoms with Crippen LogP contribution in [0.15, 0.2) is 36.7 Å². The number of ketones is 1. The van der Waals surface area contributed by atoms with E-state index in [1.54, 1.807) is 6.92 Å². The number of rotatable bonds is 1. The van der Waals surface area contributed by atoms with Crippen molar-refractivity contribution in [1.29, 1.82) is 0 Å². The Morgan fingerprint density at radius 1 is 1.04 bits per heavy atom. The van der Waals surface area contributed by atoms with E-state index in [2.05, 4.69) is 61.6 Å². The van der Waals surface area contributed by atoms with Crippen molar-refractivity contribution in [2.75, 3.05) is 0 Å². The van der Waals surface area contributed by atoms with E-state index in [-0.39, 0.29) is 29.8 Å². The standard InChI is InChI=1S/C21H21N2O.HI/c1-12-18-11-22(4)9-8-16(18)13(2)21-20(12)17-10-15(14(3)24)6-7-19(17)23(21)5;/h6-11H,1-5H3;1H/q+1;/p-1. The lowest BCUT2D eigenvalue weighted by atomic mass is 9.96. The van der Waals surface area contributed by atoms with Crippen molar-refractivity contribution in [2.24, 2.45) is 14.1 Å². The summed E-state index contributed by atoms with van der Waals surface area (Å²) in [5.41, 5.74) is 5.75.